The Morgan fingerprint density at radius 3 is 2.74 bits per heavy atom. The Morgan fingerprint density at radius 2 is 2.00 bits per heavy atom. The van der Waals surface area contributed by atoms with E-state index in [1.54, 1.807) is 12.3 Å². The van der Waals surface area contributed by atoms with Crippen LogP contribution in [-0.4, -0.2) is 67.2 Å². The van der Waals surface area contributed by atoms with E-state index in [1.165, 1.54) is 0 Å². The topological polar surface area (TPSA) is 63.1 Å². The molecule has 8 heteroatoms. The minimum atomic E-state index is 0.419. The lowest BCUT2D eigenvalue weighted by Gasteiger charge is -2.35. The third kappa shape index (κ3) is 6.08. The van der Waals surface area contributed by atoms with Gasteiger partial charge in [0.05, 0.1) is 6.21 Å². The number of hydrogen-bond acceptors (Lipinski definition) is 7. The van der Waals surface area contributed by atoms with Gasteiger partial charge in [-0.05, 0) is 36.8 Å². The van der Waals surface area contributed by atoms with E-state index in [0.29, 0.717) is 18.4 Å². The monoisotopic (exact) mass is 389 g/mol. The highest BCUT2D eigenvalue weighted by Gasteiger charge is 2.18. The van der Waals surface area contributed by atoms with Crippen molar-refractivity contribution < 1.29 is 9.57 Å². The van der Waals surface area contributed by atoms with E-state index >= 15 is 0 Å². The molecule has 0 unspecified atom stereocenters. The summed E-state index contributed by atoms with van der Waals surface area (Å²) < 4.78 is 5.89. The Balaban J connectivity index is 1.40. The number of halogens is 1. The summed E-state index contributed by atoms with van der Waals surface area (Å²) in [6, 6.07) is 11.5. The normalized spacial score (nSPS) is 15.3. The van der Waals surface area contributed by atoms with Gasteiger partial charge in [-0.15, -0.1) is 10.2 Å². The molecule has 144 valence electrons. The molecule has 7 nitrogen and oxygen atoms in total. The molecule has 1 saturated heterocycles. The Bertz CT molecular complexity index is 733. The van der Waals surface area contributed by atoms with Crippen LogP contribution in [0.2, 0.25) is 5.15 Å². The molecule has 1 aliphatic rings. The van der Waals surface area contributed by atoms with Crippen molar-refractivity contribution in [3.05, 3.63) is 47.1 Å². The minimum absolute atomic E-state index is 0.419. The first-order chi connectivity index (χ1) is 13.2. The van der Waals surface area contributed by atoms with E-state index in [4.69, 9.17) is 21.2 Å². The summed E-state index contributed by atoms with van der Waals surface area (Å²) in [5.74, 6) is 1.71. The fourth-order valence-corrected chi connectivity index (χ4v) is 2.93. The molecule has 2 aromatic rings. The highest BCUT2D eigenvalue weighted by molar-refractivity contribution is 6.29. The predicted molar refractivity (Wildman–Crippen MR) is 107 cm³/mol. The minimum Gasteiger partial charge on any atom is -0.492 e. The molecule has 27 heavy (non-hydrogen) atoms. The molecule has 0 spiro atoms. The summed E-state index contributed by atoms with van der Waals surface area (Å²) in [5, 5.41) is 12.4. The van der Waals surface area contributed by atoms with Gasteiger partial charge in [0.2, 0.25) is 0 Å². The first-order valence-corrected chi connectivity index (χ1v) is 9.47. The molecule has 1 fully saturated rings. The van der Waals surface area contributed by atoms with Crippen LogP contribution in [-0.2, 0) is 4.84 Å². The molecular formula is C19H24ClN5O2. The van der Waals surface area contributed by atoms with Crippen molar-refractivity contribution in [3.8, 4) is 5.75 Å². The van der Waals surface area contributed by atoms with Crippen LogP contribution >= 0.6 is 11.6 Å². The van der Waals surface area contributed by atoms with Gasteiger partial charge in [-0.3, -0.25) is 4.90 Å². The van der Waals surface area contributed by atoms with Gasteiger partial charge >= 0.3 is 0 Å². The number of rotatable bonds is 8. The molecule has 0 radical (unpaired) electrons. The van der Waals surface area contributed by atoms with E-state index in [0.717, 1.165) is 49.9 Å². The average molecular weight is 390 g/mol. The van der Waals surface area contributed by atoms with Crippen LogP contribution in [0.3, 0.4) is 0 Å². The molecule has 0 aliphatic carbocycles. The van der Waals surface area contributed by atoms with Crippen LogP contribution in [0.15, 0.2) is 41.6 Å². The Kier molecular flexibility index (Phi) is 7.24. The maximum absolute atomic E-state index is 5.89. The zero-order valence-corrected chi connectivity index (χ0v) is 16.2. The van der Waals surface area contributed by atoms with Crippen molar-refractivity contribution >= 4 is 23.6 Å². The Labute approximate surface area is 164 Å². The van der Waals surface area contributed by atoms with E-state index in [2.05, 4.69) is 25.2 Å². The van der Waals surface area contributed by atoms with Gasteiger partial charge in [0.1, 0.15) is 19.0 Å². The third-order valence-electron chi connectivity index (χ3n) is 4.25. The number of nitrogens with zero attached hydrogens (tertiary/aromatic N) is 5. The highest BCUT2D eigenvalue weighted by Crippen LogP contribution is 2.15. The lowest BCUT2D eigenvalue weighted by atomic mass is 10.2. The van der Waals surface area contributed by atoms with E-state index in [1.807, 2.05) is 37.3 Å². The molecule has 1 aromatic carbocycles. The summed E-state index contributed by atoms with van der Waals surface area (Å²) in [4.78, 5) is 9.60. The van der Waals surface area contributed by atoms with Crippen LogP contribution in [0.4, 0.5) is 5.82 Å². The number of aromatic nitrogens is 2. The van der Waals surface area contributed by atoms with Crippen molar-refractivity contribution in [2.24, 2.45) is 5.16 Å². The number of piperazine rings is 1. The smallest absolute Gasteiger partial charge is 0.151 e. The maximum Gasteiger partial charge on any atom is 0.151 e. The van der Waals surface area contributed by atoms with Gasteiger partial charge in [-0.25, -0.2) is 0 Å². The Morgan fingerprint density at radius 1 is 1.15 bits per heavy atom. The second-order valence-electron chi connectivity index (χ2n) is 6.12. The summed E-state index contributed by atoms with van der Waals surface area (Å²) in [6.07, 6.45) is 1.69. The van der Waals surface area contributed by atoms with Gasteiger partial charge < -0.3 is 14.5 Å². The van der Waals surface area contributed by atoms with E-state index < -0.39 is 0 Å². The number of oxime groups is 1. The van der Waals surface area contributed by atoms with E-state index in [-0.39, 0.29) is 0 Å². The van der Waals surface area contributed by atoms with Crippen molar-refractivity contribution in [2.75, 3.05) is 50.8 Å². The van der Waals surface area contributed by atoms with Crippen molar-refractivity contribution in [1.29, 1.82) is 0 Å². The molecule has 0 atom stereocenters. The number of hydrogen-bond donors (Lipinski definition) is 0. The zero-order chi connectivity index (χ0) is 18.9. The maximum atomic E-state index is 5.89. The SMILES string of the molecule is CCON=Cc1cccc(OCCN2CCN(c3ccc(Cl)nn3)CC2)c1. The summed E-state index contributed by atoms with van der Waals surface area (Å²) in [6.45, 7) is 7.76. The highest BCUT2D eigenvalue weighted by atomic mass is 35.5. The molecule has 0 amide bonds. The molecule has 0 saturated carbocycles. The lowest BCUT2D eigenvalue weighted by molar-refractivity contribution is 0.160. The number of ether oxygens (including phenoxy) is 1. The molecule has 2 heterocycles. The van der Waals surface area contributed by atoms with Gasteiger partial charge in [-0.1, -0.05) is 28.9 Å². The largest absolute Gasteiger partial charge is 0.492 e. The molecule has 3 rings (SSSR count). The van der Waals surface area contributed by atoms with Crippen LogP contribution in [0.25, 0.3) is 0 Å². The predicted octanol–water partition coefficient (Wildman–Crippen LogP) is 2.70. The second kappa shape index (κ2) is 10.1. The van der Waals surface area contributed by atoms with Gasteiger partial charge in [-0.2, -0.15) is 0 Å². The van der Waals surface area contributed by atoms with Crippen LogP contribution in [0, 0.1) is 0 Å². The van der Waals surface area contributed by atoms with Crippen molar-refractivity contribution in [3.63, 3.8) is 0 Å². The Hall–Kier alpha value is -2.38. The van der Waals surface area contributed by atoms with Gasteiger partial charge in [0.15, 0.2) is 11.0 Å². The molecule has 0 bridgehead atoms. The quantitative estimate of drug-likeness (QED) is 0.511. The van der Waals surface area contributed by atoms with E-state index in [9.17, 15) is 0 Å². The zero-order valence-electron chi connectivity index (χ0n) is 15.4. The third-order valence-corrected chi connectivity index (χ3v) is 4.46. The summed E-state index contributed by atoms with van der Waals surface area (Å²) in [5.41, 5.74) is 0.957. The summed E-state index contributed by atoms with van der Waals surface area (Å²) in [7, 11) is 0. The standard InChI is InChI=1S/C19H24ClN5O2/c1-2-27-21-15-16-4-3-5-17(14-16)26-13-12-24-8-10-25(11-9-24)19-7-6-18(20)22-23-19/h3-7,14-15H,2,8-13H2,1H3. The first kappa shape index (κ1) is 19.4. The second-order valence-corrected chi connectivity index (χ2v) is 6.50. The average Bonchev–Trinajstić information content (AvgIpc) is 2.70. The van der Waals surface area contributed by atoms with Crippen LogP contribution in [0.1, 0.15) is 12.5 Å². The molecular weight excluding hydrogens is 366 g/mol. The van der Waals surface area contributed by atoms with Gasteiger partial charge in [0.25, 0.3) is 0 Å². The molecule has 0 N–H and O–H groups in total. The first-order valence-electron chi connectivity index (χ1n) is 9.09. The summed E-state index contributed by atoms with van der Waals surface area (Å²) >= 11 is 5.80. The molecule has 1 aromatic heterocycles. The van der Waals surface area contributed by atoms with Crippen molar-refractivity contribution in [2.45, 2.75) is 6.92 Å². The number of anilines is 1. The van der Waals surface area contributed by atoms with Crippen molar-refractivity contribution in [1.82, 2.24) is 15.1 Å². The lowest BCUT2D eigenvalue weighted by Crippen LogP contribution is -2.47. The van der Waals surface area contributed by atoms with Crippen LogP contribution in [0.5, 0.6) is 5.75 Å². The fourth-order valence-electron chi connectivity index (χ4n) is 2.83. The fraction of sp³-hybridized carbons (Fsp3) is 0.421. The molecule has 1 aliphatic heterocycles. The van der Waals surface area contributed by atoms with Gasteiger partial charge in [0, 0.05) is 32.7 Å². The number of benzene rings is 1. The van der Waals surface area contributed by atoms with Crippen LogP contribution < -0.4 is 9.64 Å².